The SMILES string of the molecule is N#CC1=CC=CNC1(Cl)CBr. The van der Waals surface area contributed by atoms with Crippen molar-refractivity contribution in [2.24, 2.45) is 0 Å². The van der Waals surface area contributed by atoms with Crippen molar-refractivity contribution in [2.45, 2.75) is 5.00 Å². The lowest BCUT2D eigenvalue weighted by atomic mass is 10.1. The molecule has 0 spiro atoms. The first-order chi connectivity index (χ1) is 5.23. The predicted molar refractivity (Wildman–Crippen MR) is 48.3 cm³/mol. The van der Waals surface area contributed by atoms with Crippen LogP contribution in [0.15, 0.2) is 23.9 Å². The third-order valence-corrected chi connectivity index (χ3v) is 3.01. The maximum atomic E-state index is 8.66. The van der Waals surface area contributed by atoms with Gasteiger partial charge in [0.1, 0.15) is 0 Å². The fourth-order valence-corrected chi connectivity index (χ4v) is 1.40. The standard InChI is InChI=1S/C7H6BrClN2/c8-5-7(9)6(4-10)2-1-3-11-7/h1-3,11H,5H2. The van der Waals surface area contributed by atoms with Gasteiger partial charge in [-0.15, -0.1) is 0 Å². The van der Waals surface area contributed by atoms with Crippen LogP contribution in [0.4, 0.5) is 0 Å². The van der Waals surface area contributed by atoms with E-state index in [1.807, 2.05) is 6.07 Å². The first-order valence-corrected chi connectivity index (χ1v) is 4.53. The number of nitriles is 1. The van der Waals surface area contributed by atoms with Crippen molar-refractivity contribution >= 4 is 27.5 Å². The maximum absolute atomic E-state index is 8.66. The van der Waals surface area contributed by atoms with Crippen molar-refractivity contribution in [3.8, 4) is 6.07 Å². The van der Waals surface area contributed by atoms with Gasteiger partial charge < -0.3 is 5.32 Å². The second-order valence-corrected chi connectivity index (χ2v) is 3.34. The highest BCUT2D eigenvalue weighted by Gasteiger charge is 2.30. The summed E-state index contributed by atoms with van der Waals surface area (Å²) in [6, 6.07) is 2.03. The summed E-state index contributed by atoms with van der Waals surface area (Å²) in [6.45, 7) is 0. The number of halogens is 2. The Hall–Kier alpha value is -0.460. The van der Waals surface area contributed by atoms with Gasteiger partial charge in [-0.1, -0.05) is 27.5 Å². The van der Waals surface area contributed by atoms with Crippen molar-refractivity contribution in [1.82, 2.24) is 5.32 Å². The minimum atomic E-state index is -0.760. The molecule has 1 N–H and O–H groups in total. The van der Waals surface area contributed by atoms with Gasteiger partial charge in [0.05, 0.1) is 11.6 Å². The fraction of sp³-hybridized carbons (Fsp3) is 0.286. The quantitative estimate of drug-likeness (QED) is 0.554. The van der Waals surface area contributed by atoms with Gasteiger partial charge in [-0.2, -0.15) is 5.26 Å². The normalized spacial score (nSPS) is 28.6. The number of nitrogens with one attached hydrogen (secondary N) is 1. The molecule has 0 radical (unpaired) electrons. The van der Waals surface area contributed by atoms with Crippen molar-refractivity contribution < 1.29 is 0 Å². The highest BCUT2D eigenvalue weighted by Crippen LogP contribution is 2.26. The molecule has 0 aliphatic carbocycles. The summed E-state index contributed by atoms with van der Waals surface area (Å²) in [5.74, 6) is 0. The van der Waals surface area contributed by atoms with Crippen molar-refractivity contribution in [2.75, 3.05) is 5.33 Å². The summed E-state index contributed by atoms with van der Waals surface area (Å²) in [6.07, 6.45) is 5.17. The van der Waals surface area contributed by atoms with E-state index in [4.69, 9.17) is 16.9 Å². The second kappa shape index (κ2) is 3.29. The number of alkyl halides is 2. The van der Waals surface area contributed by atoms with Gasteiger partial charge >= 0.3 is 0 Å². The Morgan fingerprint density at radius 1 is 1.82 bits per heavy atom. The van der Waals surface area contributed by atoms with E-state index in [0.717, 1.165) is 0 Å². The number of hydrogen-bond donors (Lipinski definition) is 1. The molecule has 4 heteroatoms. The van der Waals surface area contributed by atoms with Crippen LogP contribution in [0.2, 0.25) is 0 Å². The molecule has 0 amide bonds. The summed E-state index contributed by atoms with van der Waals surface area (Å²) < 4.78 is 0. The van der Waals surface area contributed by atoms with Gasteiger partial charge in [-0.3, -0.25) is 0 Å². The van der Waals surface area contributed by atoms with Crippen LogP contribution in [0.5, 0.6) is 0 Å². The molecule has 1 aliphatic rings. The lowest BCUT2D eigenvalue weighted by Gasteiger charge is -2.26. The van der Waals surface area contributed by atoms with E-state index in [9.17, 15) is 0 Å². The van der Waals surface area contributed by atoms with E-state index in [1.165, 1.54) is 0 Å². The highest BCUT2D eigenvalue weighted by atomic mass is 79.9. The van der Waals surface area contributed by atoms with E-state index in [1.54, 1.807) is 18.4 Å². The topological polar surface area (TPSA) is 35.8 Å². The number of nitrogens with zero attached hydrogens (tertiary/aromatic N) is 1. The van der Waals surface area contributed by atoms with Crippen LogP contribution in [0.3, 0.4) is 0 Å². The summed E-state index contributed by atoms with van der Waals surface area (Å²) in [7, 11) is 0. The van der Waals surface area contributed by atoms with Crippen LogP contribution < -0.4 is 5.32 Å². The molecule has 1 rings (SSSR count). The lowest BCUT2D eigenvalue weighted by Crippen LogP contribution is -2.41. The van der Waals surface area contributed by atoms with E-state index in [-0.39, 0.29) is 0 Å². The first kappa shape index (κ1) is 8.63. The zero-order chi connectivity index (χ0) is 8.32. The molecular weight excluding hydrogens is 227 g/mol. The van der Waals surface area contributed by atoms with E-state index in [2.05, 4.69) is 21.2 Å². The fourth-order valence-electron chi connectivity index (χ4n) is 0.771. The monoisotopic (exact) mass is 232 g/mol. The largest absolute Gasteiger partial charge is 0.368 e. The van der Waals surface area contributed by atoms with Crippen LogP contribution >= 0.6 is 27.5 Å². The van der Waals surface area contributed by atoms with Crippen LogP contribution in [0.1, 0.15) is 0 Å². The molecule has 1 unspecified atom stereocenters. The Labute approximate surface area is 78.7 Å². The molecule has 1 atom stereocenters. The second-order valence-electron chi connectivity index (χ2n) is 2.13. The number of allylic oxidation sites excluding steroid dienone is 2. The van der Waals surface area contributed by atoms with Crippen molar-refractivity contribution in [3.05, 3.63) is 23.9 Å². The molecule has 1 aliphatic heterocycles. The minimum Gasteiger partial charge on any atom is -0.368 e. The summed E-state index contributed by atoms with van der Waals surface area (Å²) in [5.41, 5.74) is 0.526. The average molecular weight is 233 g/mol. The summed E-state index contributed by atoms with van der Waals surface area (Å²) >= 11 is 9.25. The van der Waals surface area contributed by atoms with Crippen LogP contribution in [-0.4, -0.2) is 10.3 Å². The molecule has 0 saturated carbocycles. The molecule has 0 aromatic rings. The first-order valence-electron chi connectivity index (χ1n) is 3.03. The minimum absolute atomic E-state index is 0.505. The number of hydrogen-bond acceptors (Lipinski definition) is 2. The highest BCUT2D eigenvalue weighted by molar-refractivity contribution is 9.09. The average Bonchev–Trinajstić information content (AvgIpc) is 2.05. The third kappa shape index (κ3) is 1.58. The molecule has 0 aromatic heterocycles. The molecule has 0 saturated heterocycles. The van der Waals surface area contributed by atoms with Gasteiger partial charge in [0, 0.05) is 5.33 Å². The number of dihydropyridines is 1. The van der Waals surface area contributed by atoms with E-state index < -0.39 is 5.00 Å². The predicted octanol–water partition coefficient (Wildman–Crippen LogP) is 1.88. The smallest absolute Gasteiger partial charge is 0.157 e. The molecule has 0 aromatic carbocycles. The Balaban J connectivity index is 2.94. The molecule has 0 fully saturated rings. The van der Waals surface area contributed by atoms with Gasteiger partial charge in [0.2, 0.25) is 0 Å². The Bertz CT molecular complexity index is 254. The maximum Gasteiger partial charge on any atom is 0.157 e. The van der Waals surface area contributed by atoms with Crippen molar-refractivity contribution in [3.63, 3.8) is 0 Å². The zero-order valence-corrected chi connectivity index (χ0v) is 7.98. The molecule has 1 heterocycles. The Kier molecular flexibility index (Phi) is 2.58. The van der Waals surface area contributed by atoms with E-state index in [0.29, 0.717) is 10.9 Å². The van der Waals surface area contributed by atoms with Crippen LogP contribution in [0.25, 0.3) is 0 Å². The molecule has 58 valence electrons. The summed E-state index contributed by atoms with van der Waals surface area (Å²) in [4.78, 5) is -0.760. The molecular formula is C7H6BrClN2. The Morgan fingerprint density at radius 2 is 2.55 bits per heavy atom. The van der Waals surface area contributed by atoms with Gasteiger partial charge in [-0.25, -0.2) is 0 Å². The molecule has 11 heavy (non-hydrogen) atoms. The van der Waals surface area contributed by atoms with Gasteiger partial charge in [0.15, 0.2) is 5.00 Å². The van der Waals surface area contributed by atoms with Crippen LogP contribution in [0, 0.1) is 11.3 Å². The Morgan fingerprint density at radius 3 is 3.00 bits per heavy atom. The third-order valence-electron chi connectivity index (χ3n) is 1.40. The molecule has 0 bridgehead atoms. The van der Waals surface area contributed by atoms with Crippen LogP contribution in [-0.2, 0) is 0 Å². The van der Waals surface area contributed by atoms with E-state index >= 15 is 0 Å². The van der Waals surface area contributed by atoms with Gasteiger partial charge in [0.25, 0.3) is 0 Å². The molecule has 2 nitrogen and oxygen atoms in total. The van der Waals surface area contributed by atoms with Crippen molar-refractivity contribution in [1.29, 1.82) is 5.26 Å². The lowest BCUT2D eigenvalue weighted by molar-refractivity contribution is 0.676. The van der Waals surface area contributed by atoms with Gasteiger partial charge in [-0.05, 0) is 18.4 Å². The zero-order valence-electron chi connectivity index (χ0n) is 5.64. The number of rotatable bonds is 1. The summed E-state index contributed by atoms with van der Waals surface area (Å²) in [5, 5.41) is 12.1.